The lowest BCUT2D eigenvalue weighted by atomic mass is 9.81. The van der Waals surface area contributed by atoms with Crippen LogP contribution in [0.4, 0.5) is 0 Å². The minimum atomic E-state index is -3.70. The zero-order chi connectivity index (χ0) is 15.5. The molecule has 0 amide bonds. The molecule has 2 heterocycles. The first-order valence-corrected chi connectivity index (χ1v) is 9.10. The quantitative estimate of drug-likeness (QED) is 0.792. The Kier molecular flexibility index (Phi) is 5.03. The third-order valence-electron chi connectivity index (χ3n) is 3.79. The Hall–Kier alpha value is -0.960. The first-order chi connectivity index (χ1) is 9.88. The number of carbonyl (C=O) groups is 1. The van der Waals surface area contributed by atoms with Crippen LogP contribution in [0.25, 0.3) is 0 Å². The number of hydrogen-bond acceptors (Lipinski definition) is 6. The summed E-state index contributed by atoms with van der Waals surface area (Å²) in [7, 11) is -2.46. The van der Waals surface area contributed by atoms with Gasteiger partial charge in [-0.05, 0) is 42.8 Å². The number of rotatable bonds is 5. The monoisotopic (exact) mass is 332 g/mol. The van der Waals surface area contributed by atoms with Gasteiger partial charge in [-0.15, -0.1) is 11.3 Å². The minimum absolute atomic E-state index is 0.00288. The first-order valence-electron chi connectivity index (χ1n) is 6.74. The van der Waals surface area contributed by atoms with E-state index in [-0.39, 0.29) is 15.2 Å². The maximum atomic E-state index is 12.4. The van der Waals surface area contributed by atoms with Crippen LogP contribution in [0.3, 0.4) is 0 Å². The number of sulfonamides is 1. The molecular weight excluding hydrogens is 312 g/mol. The van der Waals surface area contributed by atoms with E-state index in [0.29, 0.717) is 6.54 Å². The van der Waals surface area contributed by atoms with Crippen LogP contribution in [0.2, 0.25) is 0 Å². The number of thiophene rings is 1. The molecule has 1 aromatic rings. The molecule has 6 nitrogen and oxygen atoms in total. The molecule has 0 spiro atoms. The standard InChI is InChI=1S/C13H20N2O4S2/c1-13(4-6-14-7-5-13)9-15-21(17,18)10-3-8-20-11(10)12(16)19-2/h3,8,14-15H,4-7,9H2,1-2H3. The summed E-state index contributed by atoms with van der Waals surface area (Å²) in [4.78, 5) is 11.7. The number of methoxy groups -OCH3 is 1. The number of nitrogens with one attached hydrogen (secondary N) is 2. The van der Waals surface area contributed by atoms with Gasteiger partial charge in [-0.1, -0.05) is 6.92 Å². The van der Waals surface area contributed by atoms with Crippen molar-refractivity contribution in [2.24, 2.45) is 5.41 Å². The molecular formula is C13H20N2O4S2. The molecule has 0 atom stereocenters. The molecule has 0 aromatic carbocycles. The van der Waals surface area contributed by atoms with E-state index in [4.69, 9.17) is 0 Å². The zero-order valence-electron chi connectivity index (χ0n) is 12.1. The van der Waals surface area contributed by atoms with Crippen molar-refractivity contribution in [3.63, 3.8) is 0 Å². The van der Waals surface area contributed by atoms with Gasteiger partial charge in [0.25, 0.3) is 0 Å². The number of esters is 1. The van der Waals surface area contributed by atoms with Crippen LogP contribution in [0.5, 0.6) is 0 Å². The smallest absolute Gasteiger partial charge is 0.349 e. The van der Waals surface area contributed by atoms with Crippen LogP contribution in [0.15, 0.2) is 16.3 Å². The fourth-order valence-corrected chi connectivity index (χ4v) is 4.84. The van der Waals surface area contributed by atoms with Gasteiger partial charge in [0.05, 0.1) is 7.11 Å². The van der Waals surface area contributed by atoms with Crippen molar-refractivity contribution in [1.82, 2.24) is 10.0 Å². The van der Waals surface area contributed by atoms with E-state index >= 15 is 0 Å². The van der Waals surface area contributed by atoms with Crippen molar-refractivity contribution >= 4 is 27.3 Å². The van der Waals surface area contributed by atoms with Crippen LogP contribution >= 0.6 is 11.3 Å². The lowest BCUT2D eigenvalue weighted by molar-refractivity contribution is 0.0602. The van der Waals surface area contributed by atoms with Gasteiger partial charge >= 0.3 is 5.97 Å². The van der Waals surface area contributed by atoms with Gasteiger partial charge in [-0.3, -0.25) is 0 Å². The molecule has 1 aliphatic heterocycles. The number of hydrogen-bond donors (Lipinski definition) is 2. The van der Waals surface area contributed by atoms with Crippen molar-refractivity contribution in [1.29, 1.82) is 0 Å². The summed E-state index contributed by atoms with van der Waals surface area (Å²) < 4.78 is 32.0. The van der Waals surface area contributed by atoms with E-state index in [1.54, 1.807) is 5.38 Å². The summed E-state index contributed by atoms with van der Waals surface area (Å²) in [5.74, 6) is -0.626. The second kappa shape index (κ2) is 6.43. The topological polar surface area (TPSA) is 84.5 Å². The third kappa shape index (κ3) is 3.82. The van der Waals surface area contributed by atoms with Crippen LogP contribution in [-0.2, 0) is 14.8 Å². The predicted molar refractivity (Wildman–Crippen MR) is 81.1 cm³/mol. The van der Waals surface area contributed by atoms with E-state index in [1.807, 2.05) is 0 Å². The number of carbonyl (C=O) groups excluding carboxylic acids is 1. The lowest BCUT2D eigenvalue weighted by Crippen LogP contribution is -2.42. The van der Waals surface area contributed by atoms with Crippen LogP contribution in [0, 0.1) is 5.41 Å². The molecule has 0 saturated carbocycles. The second-order valence-electron chi connectivity index (χ2n) is 5.49. The highest BCUT2D eigenvalue weighted by Gasteiger charge is 2.30. The largest absolute Gasteiger partial charge is 0.465 e. The first kappa shape index (κ1) is 16.4. The molecule has 1 saturated heterocycles. The highest BCUT2D eigenvalue weighted by Crippen LogP contribution is 2.28. The highest BCUT2D eigenvalue weighted by atomic mass is 32.2. The van der Waals surface area contributed by atoms with Gasteiger partial charge in [-0.25, -0.2) is 17.9 Å². The Morgan fingerprint density at radius 3 is 2.76 bits per heavy atom. The summed E-state index contributed by atoms with van der Waals surface area (Å²) in [6, 6.07) is 1.43. The molecule has 0 bridgehead atoms. The van der Waals surface area contributed by atoms with E-state index in [0.717, 1.165) is 37.3 Å². The van der Waals surface area contributed by atoms with E-state index in [2.05, 4.69) is 21.7 Å². The average molecular weight is 332 g/mol. The van der Waals surface area contributed by atoms with Gasteiger partial charge in [0.1, 0.15) is 9.77 Å². The fourth-order valence-electron chi connectivity index (χ4n) is 2.30. The Bertz CT molecular complexity index is 603. The molecule has 21 heavy (non-hydrogen) atoms. The maximum absolute atomic E-state index is 12.4. The van der Waals surface area contributed by atoms with Crippen molar-refractivity contribution in [2.75, 3.05) is 26.7 Å². The van der Waals surface area contributed by atoms with Crippen molar-refractivity contribution in [3.8, 4) is 0 Å². The zero-order valence-corrected chi connectivity index (χ0v) is 13.8. The average Bonchev–Trinajstić information content (AvgIpc) is 2.96. The summed E-state index contributed by atoms with van der Waals surface area (Å²) >= 11 is 1.07. The third-order valence-corrected chi connectivity index (χ3v) is 6.26. The Balaban J connectivity index is 2.12. The van der Waals surface area contributed by atoms with E-state index < -0.39 is 16.0 Å². The maximum Gasteiger partial charge on any atom is 0.349 e. The minimum Gasteiger partial charge on any atom is -0.465 e. The summed E-state index contributed by atoms with van der Waals surface area (Å²) in [5, 5.41) is 4.84. The molecule has 1 aromatic heterocycles. The highest BCUT2D eigenvalue weighted by molar-refractivity contribution is 7.89. The SMILES string of the molecule is COC(=O)c1sccc1S(=O)(=O)NCC1(C)CCNCC1. The van der Waals surface area contributed by atoms with Gasteiger partial charge < -0.3 is 10.1 Å². The van der Waals surface area contributed by atoms with Crippen LogP contribution < -0.4 is 10.0 Å². The van der Waals surface area contributed by atoms with Crippen molar-refractivity contribution in [2.45, 2.75) is 24.7 Å². The van der Waals surface area contributed by atoms with Crippen LogP contribution in [-0.4, -0.2) is 41.1 Å². The van der Waals surface area contributed by atoms with E-state index in [1.165, 1.54) is 13.2 Å². The summed E-state index contributed by atoms with van der Waals surface area (Å²) in [6.07, 6.45) is 1.84. The van der Waals surface area contributed by atoms with Crippen molar-refractivity contribution in [3.05, 3.63) is 16.3 Å². The Morgan fingerprint density at radius 1 is 1.48 bits per heavy atom. The molecule has 0 radical (unpaired) electrons. The Morgan fingerprint density at radius 2 is 2.14 bits per heavy atom. The molecule has 2 rings (SSSR count). The van der Waals surface area contributed by atoms with Gasteiger partial charge in [-0.2, -0.15) is 0 Å². The number of ether oxygens (including phenoxy) is 1. The van der Waals surface area contributed by atoms with Crippen molar-refractivity contribution < 1.29 is 17.9 Å². The molecule has 8 heteroatoms. The molecule has 2 N–H and O–H groups in total. The summed E-state index contributed by atoms with van der Waals surface area (Å²) in [5.41, 5.74) is -0.0558. The molecule has 0 aliphatic carbocycles. The molecule has 1 fully saturated rings. The van der Waals surface area contributed by atoms with Gasteiger partial charge in [0.15, 0.2) is 0 Å². The predicted octanol–water partition coefficient (Wildman–Crippen LogP) is 1.20. The lowest BCUT2D eigenvalue weighted by Gasteiger charge is -2.34. The number of piperidine rings is 1. The molecule has 118 valence electrons. The molecule has 0 unspecified atom stereocenters. The molecule has 1 aliphatic rings. The second-order valence-corrected chi connectivity index (χ2v) is 8.14. The van der Waals surface area contributed by atoms with Crippen LogP contribution in [0.1, 0.15) is 29.4 Å². The van der Waals surface area contributed by atoms with Gasteiger partial charge in [0, 0.05) is 6.54 Å². The normalized spacial score (nSPS) is 18.4. The van der Waals surface area contributed by atoms with E-state index in [9.17, 15) is 13.2 Å². The van der Waals surface area contributed by atoms with Gasteiger partial charge in [0.2, 0.25) is 10.0 Å². The Labute approximate surface area is 128 Å². The fraction of sp³-hybridized carbons (Fsp3) is 0.615. The summed E-state index contributed by atoms with van der Waals surface area (Å²) in [6.45, 7) is 4.23.